The van der Waals surface area contributed by atoms with Crippen molar-refractivity contribution in [1.82, 2.24) is 0 Å². The number of ether oxygens (including phenoxy) is 1. The molecule has 0 saturated carbocycles. The zero-order valence-corrected chi connectivity index (χ0v) is 14.2. The zero-order chi connectivity index (χ0) is 17.2. The molecule has 0 radical (unpaired) electrons. The molecule has 124 valence electrons. The van der Waals surface area contributed by atoms with Crippen LogP contribution in [0, 0.1) is 11.8 Å². The molecule has 0 fully saturated rings. The highest BCUT2D eigenvalue weighted by atomic mass is 16.5. The maximum absolute atomic E-state index is 13.0. The fraction of sp³-hybridized carbons (Fsp3) is 0.526. The summed E-state index contributed by atoms with van der Waals surface area (Å²) in [5.74, 6) is -2.40. The van der Waals surface area contributed by atoms with Crippen LogP contribution in [0.2, 0.25) is 0 Å². The van der Waals surface area contributed by atoms with Crippen molar-refractivity contribution in [2.75, 3.05) is 6.61 Å². The Morgan fingerprint density at radius 1 is 1.26 bits per heavy atom. The lowest BCUT2D eigenvalue weighted by atomic mass is 9.63. The van der Waals surface area contributed by atoms with Gasteiger partial charge in [-0.2, -0.15) is 0 Å². The van der Waals surface area contributed by atoms with Gasteiger partial charge in [0.1, 0.15) is 0 Å². The van der Waals surface area contributed by atoms with E-state index in [1.54, 1.807) is 19.1 Å². The average Bonchev–Trinajstić information content (AvgIpc) is 2.52. The minimum absolute atomic E-state index is 0.153. The molecule has 1 aromatic rings. The third kappa shape index (κ3) is 3.07. The largest absolute Gasteiger partial charge is 0.465 e. The number of carbonyl (C=O) groups excluding carboxylic acids is 3. The van der Waals surface area contributed by atoms with E-state index in [4.69, 9.17) is 4.74 Å². The van der Waals surface area contributed by atoms with Crippen molar-refractivity contribution in [3.63, 3.8) is 0 Å². The monoisotopic (exact) mass is 316 g/mol. The van der Waals surface area contributed by atoms with E-state index in [1.807, 2.05) is 19.1 Å². The van der Waals surface area contributed by atoms with Gasteiger partial charge in [-0.3, -0.25) is 14.4 Å². The Hall–Kier alpha value is -1.97. The summed E-state index contributed by atoms with van der Waals surface area (Å²) in [5.41, 5.74) is 0.374. The van der Waals surface area contributed by atoms with E-state index in [2.05, 4.69) is 13.8 Å². The number of esters is 1. The molecule has 0 N–H and O–H groups in total. The van der Waals surface area contributed by atoms with Crippen molar-refractivity contribution >= 4 is 17.5 Å². The molecule has 0 aliphatic heterocycles. The first-order valence-electron chi connectivity index (χ1n) is 8.17. The number of hydrogen-bond acceptors (Lipinski definition) is 4. The van der Waals surface area contributed by atoms with Crippen molar-refractivity contribution in [3.05, 3.63) is 35.4 Å². The smallest absolute Gasteiger partial charge is 0.324 e. The van der Waals surface area contributed by atoms with Crippen LogP contribution in [0.1, 0.15) is 56.5 Å². The van der Waals surface area contributed by atoms with Crippen LogP contribution >= 0.6 is 0 Å². The first-order valence-corrected chi connectivity index (χ1v) is 8.17. The molecule has 0 aromatic heterocycles. The Kier molecular flexibility index (Phi) is 5.03. The average molecular weight is 316 g/mol. The molecule has 0 bridgehead atoms. The van der Waals surface area contributed by atoms with Crippen LogP contribution in [0.25, 0.3) is 0 Å². The van der Waals surface area contributed by atoms with E-state index in [0.29, 0.717) is 17.9 Å². The number of benzene rings is 1. The molecular formula is C19H24O4. The predicted molar refractivity (Wildman–Crippen MR) is 87.3 cm³/mol. The van der Waals surface area contributed by atoms with Gasteiger partial charge in [-0.15, -0.1) is 0 Å². The van der Waals surface area contributed by atoms with Crippen molar-refractivity contribution in [3.8, 4) is 0 Å². The molecule has 0 amide bonds. The number of fused-ring (bicyclic) bond motifs is 1. The van der Waals surface area contributed by atoms with Crippen LogP contribution in [-0.4, -0.2) is 24.1 Å². The standard InChI is InChI=1S/C19H24O4/c1-5-23-18(22)15-16(20)13-8-6-7-9-14(13)19(4,17(15)21)11-10-12(2)3/h6-9,12,15H,5,10-11H2,1-4H3/t15?,19-/m1/s1. The highest BCUT2D eigenvalue weighted by Crippen LogP contribution is 2.41. The third-order valence-corrected chi connectivity index (χ3v) is 4.60. The molecule has 2 atom stereocenters. The molecule has 0 saturated heterocycles. The lowest BCUT2D eigenvalue weighted by Crippen LogP contribution is -2.49. The number of carbonyl (C=O) groups is 3. The molecule has 1 aliphatic rings. The maximum atomic E-state index is 13.0. The Morgan fingerprint density at radius 2 is 1.91 bits per heavy atom. The third-order valence-electron chi connectivity index (χ3n) is 4.60. The lowest BCUT2D eigenvalue weighted by molar-refractivity contribution is -0.151. The second-order valence-corrected chi connectivity index (χ2v) is 6.72. The summed E-state index contributed by atoms with van der Waals surface area (Å²) in [6.45, 7) is 7.85. The summed E-state index contributed by atoms with van der Waals surface area (Å²) in [7, 11) is 0. The number of rotatable bonds is 5. The van der Waals surface area contributed by atoms with Gasteiger partial charge < -0.3 is 4.74 Å². The summed E-state index contributed by atoms with van der Waals surface area (Å²) in [6, 6.07) is 7.12. The lowest BCUT2D eigenvalue weighted by Gasteiger charge is -2.37. The molecule has 23 heavy (non-hydrogen) atoms. The van der Waals surface area contributed by atoms with Gasteiger partial charge in [0.2, 0.25) is 0 Å². The molecular weight excluding hydrogens is 292 g/mol. The van der Waals surface area contributed by atoms with Crippen molar-refractivity contribution in [2.24, 2.45) is 11.8 Å². The van der Waals surface area contributed by atoms with E-state index in [9.17, 15) is 14.4 Å². The van der Waals surface area contributed by atoms with Crippen LogP contribution in [-0.2, 0) is 19.7 Å². The van der Waals surface area contributed by atoms with Gasteiger partial charge in [-0.25, -0.2) is 0 Å². The van der Waals surface area contributed by atoms with Crippen molar-refractivity contribution in [2.45, 2.75) is 46.0 Å². The van der Waals surface area contributed by atoms with Gasteiger partial charge in [0.25, 0.3) is 0 Å². The van der Waals surface area contributed by atoms with Gasteiger partial charge >= 0.3 is 5.97 Å². The number of hydrogen-bond donors (Lipinski definition) is 0. The zero-order valence-electron chi connectivity index (χ0n) is 14.2. The van der Waals surface area contributed by atoms with Crippen molar-refractivity contribution in [1.29, 1.82) is 0 Å². The molecule has 1 unspecified atom stereocenters. The van der Waals surface area contributed by atoms with E-state index in [0.717, 1.165) is 12.0 Å². The van der Waals surface area contributed by atoms with Crippen LogP contribution in [0.3, 0.4) is 0 Å². The molecule has 4 nitrogen and oxygen atoms in total. The molecule has 0 heterocycles. The van der Waals surface area contributed by atoms with Crippen LogP contribution in [0.15, 0.2) is 24.3 Å². The summed E-state index contributed by atoms with van der Waals surface area (Å²) in [6.07, 6.45) is 1.46. The second-order valence-electron chi connectivity index (χ2n) is 6.72. The van der Waals surface area contributed by atoms with Gasteiger partial charge in [0, 0.05) is 5.56 Å². The fourth-order valence-corrected chi connectivity index (χ4v) is 3.18. The minimum Gasteiger partial charge on any atom is -0.465 e. The van der Waals surface area contributed by atoms with E-state index >= 15 is 0 Å². The molecule has 0 spiro atoms. The first-order chi connectivity index (χ1) is 10.8. The second kappa shape index (κ2) is 6.65. The van der Waals surface area contributed by atoms with Gasteiger partial charge in [0.05, 0.1) is 12.0 Å². The van der Waals surface area contributed by atoms with Crippen LogP contribution in [0.4, 0.5) is 0 Å². The molecule has 4 heteroatoms. The van der Waals surface area contributed by atoms with Gasteiger partial charge in [-0.05, 0) is 38.2 Å². The molecule has 1 aliphatic carbocycles. The van der Waals surface area contributed by atoms with E-state index < -0.39 is 23.1 Å². The Balaban J connectivity index is 2.52. The SMILES string of the molecule is CCOC(=O)C1C(=O)c2ccccc2[C@@](C)(CCC(C)C)C1=O. The number of ketones is 2. The number of Topliss-reactive ketones (excluding diaryl/α,β-unsaturated/α-hetero) is 2. The van der Waals surface area contributed by atoms with Crippen molar-refractivity contribution < 1.29 is 19.1 Å². The summed E-state index contributed by atoms with van der Waals surface area (Å²) >= 11 is 0. The van der Waals surface area contributed by atoms with Crippen LogP contribution < -0.4 is 0 Å². The van der Waals surface area contributed by atoms with Gasteiger partial charge in [0.15, 0.2) is 17.5 Å². The Labute approximate surface area is 137 Å². The predicted octanol–water partition coefficient (Wildman–Crippen LogP) is 3.33. The van der Waals surface area contributed by atoms with Crippen LogP contribution in [0.5, 0.6) is 0 Å². The molecule has 2 rings (SSSR count). The summed E-state index contributed by atoms with van der Waals surface area (Å²) < 4.78 is 4.98. The van der Waals surface area contributed by atoms with E-state index in [-0.39, 0.29) is 12.4 Å². The summed E-state index contributed by atoms with van der Waals surface area (Å²) in [4.78, 5) is 37.9. The quantitative estimate of drug-likeness (QED) is 0.617. The Bertz CT molecular complexity index is 632. The van der Waals surface area contributed by atoms with Gasteiger partial charge in [-0.1, -0.05) is 38.1 Å². The van der Waals surface area contributed by atoms with E-state index in [1.165, 1.54) is 0 Å². The topological polar surface area (TPSA) is 60.4 Å². The maximum Gasteiger partial charge on any atom is 0.324 e. The fourth-order valence-electron chi connectivity index (χ4n) is 3.18. The highest BCUT2D eigenvalue weighted by Gasteiger charge is 2.51. The Morgan fingerprint density at radius 3 is 2.52 bits per heavy atom. The molecule has 1 aromatic carbocycles. The minimum atomic E-state index is -1.33. The first kappa shape index (κ1) is 17.4. The normalized spacial score (nSPS) is 23.8. The highest BCUT2D eigenvalue weighted by molar-refractivity contribution is 6.28. The summed E-state index contributed by atoms with van der Waals surface area (Å²) in [5, 5.41) is 0.